The Hall–Kier alpha value is -2.34. The van der Waals surface area contributed by atoms with Gasteiger partial charge in [0.25, 0.3) is 0 Å². The molecular weight excluding hydrogens is 294 g/mol. The monoisotopic (exact) mass is 317 g/mol. The summed E-state index contributed by atoms with van der Waals surface area (Å²) >= 11 is 0. The van der Waals surface area contributed by atoms with Gasteiger partial charge in [0, 0.05) is 23.9 Å². The van der Waals surface area contributed by atoms with Crippen molar-refractivity contribution in [2.45, 2.75) is 39.7 Å². The van der Waals surface area contributed by atoms with Crippen LogP contribution in [0.3, 0.4) is 0 Å². The zero-order valence-electron chi connectivity index (χ0n) is 13.7. The first-order valence-corrected chi connectivity index (χ1v) is 7.72. The number of hydrogen-bond acceptors (Lipinski definition) is 4. The summed E-state index contributed by atoms with van der Waals surface area (Å²) in [6.07, 6.45) is 1.40. The minimum absolute atomic E-state index is 0.00220. The Bertz CT molecular complexity index is 647. The first kappa shape index (κ1) is 17.0. The minimum atomic E-state index is -0.271. The van der Waals surface area contributed by atoms with Crippen LogP contribution in [-0.2, 0) is 0 Å². The second-order valence-corrected chi connectivity index (χ2v) is 5.61. The van der Waals surface area contributed by atoms with E-state index in [9.17, 15) is 4.79 Å². The highest BCUT2D eigenvalue weighted by atomic mass is 16.4. The van der Waals surface area contributed by atoms with Crippen LogP contribution in [0, 0.1) is 13.8 Å². The average molecular weight is 317 g/mol. The van der Waals surface area contributed by atoms with E-state index >= 15 is 0 Å². The summed E-state index contributed by atoms with van der Waals surface area (Å²) < 4.78 is 5.61. The summed E-state index contributed by atoms with van der Waals surface area (Å²) in [5.74, 6) is 1.33. The number of aromatic nitrogens is 1. The molecular formula is C17H23N3O3. The van der Waals surface area contributed by atoms with Gasteiger partial charge in [-0.2, -0.15) is 0 Å². The molecule has 23 heavy (non-hydrogen) atoms. The predicted molar refractivity (Wildman–Crippen MR) is 89.3 cm³/mol. The molecule has 0 radical (unpaired) electrons. The zero-order chi connectivity index (χ0) is 16.8. The molecule has 2 rings (SSSR count). The number of amides is 2. The number of carbonyl (C=O) groups excluding carboxylic acids is 1. The molecule has 1 aromatic heterocycles. The molecule has 6 heteroatoms. The molecule has 1 atom stereocenters. The smallest absolute Gasteiger partial charge is 0.319 e. The first-order valence-electron chi connectivity index (χ1n) is 7.72. The molecule has 0 fully saturated rings. The first-order chi connectivity index (χ1) is 11.0. The Morgan fingerprint density at radius 3 is 2.83 bits per heavy atom. The Kier molecular flexibility index (Phi) is 5.76. The van der Waals surface area contributed by atoms with Crippen molar-refractivity contribution >= 4 is 11.7 Å². The summed E-state index contributed by atoms with van der Waals surface area (Å²) in [6.45, 7) is 5.80. The number of urea groups is 1. The number of aliphatic hydroxyl groups excluding tert-OH is 1. The van der Waals surface area contributed by atoms with Crippen molar-refractivity contribution < 1.29 is 14.3 Å². The molecule has 124 valence electrons. The van der Waals surface area contributed by atoms with E-state index in [1.54, 1.807) is 0 Å². The lowest BCUT2D eigenvalue weighted by Crippen LogP contribution is -2.36. The van der Waals surface area contributed by atoms with E-state index in [0.29, 0.717) is 18.0 Å². The number of aryl methyl sites for hydroxylation is 2. The van der Waals surface area contributed by atoms with Crippen molar-refractivity contribution in [1.82, 2.24) is 10.3 Å². The van der Waals surface area contributed by atoms with Gasteiger partial charge in [-0.05, 0) is 51.8 Å². The van der Waals surface area contributed by atoms with Gasteiger partial charge in [0.05, 0.1) is 5.69 Å². The molecule has 1 heterocycles. The molecule has 1 aromatic carbocycles. The predicted octanol–water partition coefficient (Wildman–Crippen LogP) is 3.24. The fourth-order valence-electron chi connectivity index (χ4n) is 2.19. The van der Waals surface area contributed by atoms with Gasteiger partial charge in [-0.1, -0.05) is 6.07 Å². The standard InChI is InChI=1S/C17H23N3O3/c1-11(6-5-9-21)18-17(22)20-15-8-4-7-14(10-15)16-19-12(2)13(3)23-16/h4,7-8,10-11,21H,5-6,9H2,1-3H3,(H2,18,20,22). The number of benzene rings is 1. The highest BCUT2D eigenvalue weighted by molar-refractivity contribution is 5.90. The number of anilines is 1. The van der Waals surface area contributed by atoms with Crippen LogP contribution in [0.1, 0.15) is 31.2 Å². The lowest BCUT2D eigenvalue weighted by atomic mass is 10.2. The SMILES string of the molecule is Cc1nc(-c2cccc(NC(=O)NC(C)CCCO)c2)oc1C. The van der Waals surface area contributed by atoms with Gasteiger partial charge in [-0.15, -0.1) is 0 Å². The van der Waals surface area contributed by atoms with Crippen LogP contribution in [0.25, 0.3) is 11.5 Å². The fraction of sp³-hybridized carbons (Fsp3) is 0.412. The van der Waals surface area contributed by atoms with Gasteiger partial charge in [-0.3, -0.25) is 0 Å². The van der Waals surface area contributed by atoms with Crippen molar-refractivity contribution in [3.63, 3.8) is 0 Å². The van der Waals surface area contributed by atoms with Crippen LogP contribution >= 0.6 is 0 Å². The summed E-state index contributed by atoms with van der Waals surface area (Å²) in [4.78, 5) is 16.3. The summed E-state index contributed by atoms with van der Waals surface area (Å²) in [6, 6.07) is 7.09. The molecule has 2 aromatic rings. The Morgan fingerprint density at radius 2 is 2.17 bits per heavy atom. The summed E-state index contributed by atoms with van der Waals surface area (Å²) in [7, 11) is 0. The van der Waals surface area contributed by atoms with E-state index in [-0.39, 0.29) is 18.7 Å². The maximum absolute atomic E-state index is 12.0. The van der Waals surface area contributed by atoms with Crippen LogP contribution < -0.4 is 10.6 Å². The Labute approximate surface area is 135 Å². The van der Waals surface area contributed by atoms with E-state index in [1.165, 1.54) is 0 Å². The van der Waals surface area contributed by atoms with Gasteiger partial charge in [-0.25, -0.2) is 9.78 Å². The molecule has 0 aliphatic carbocycles. The largest absolute Gasteiger partial charge is 0.441 e. The molecule has 0 bridgehead atoms. The third kappa shape index (κ3) is 4.82. The Morgan fingerprint density at radius 1 is 1.39 bits per heavy atom. The fourth-order valence-corrected chi connectivity index (χ4v) is 2.19. The van der Waals surface area contributed by atoms with Crippen LogP contribution in [0.15, 0.2) is 28.7 Å². The van der Waals surface area contributed by atoms with Crippen LogP contribution in [0.5, 0.6) is 0 Å². The molecule has 1 unspecified atom stereocenters. The average Bonchev–Trinajstić information content (AvgIpc) is 2.85. The highest BCUT2D eigenvalue weighted by Crippen LogP contribution is 2.24. The zero-order valence-corrected chi connectivity index (χ0v) is 13.7. The van der Waals surface area contributed by atoms with Crippen LogP contribution in [0.2, 0.25) is 0 Å². The number of aliphatic hydroxyl groups is 1. The summed E-state index contributed by atoms with van der Waals surface area (Å²) in [5.41, 5.74) is 2.34. The van der Waals surface area contributed by atoms with Gasteiger partial charge in [0.2, 0.25) is 5.89 Å². The van der Waals surface area contributed by atoms with E-state index in [0.717, 1.165) is 23.4 Å². The third-order valence-corrected chi connectivity index (χ3v) is 3.57. The highest BCUT2D eigenvalue weighted by Gasteiger charge is 2.10. The van der Waals surface area contributed by atoms with Gasteiger partial charge < -0.3 is 20.2 Å². The number of carbonyl (C=O) groups is 1. The van der Waals surface area contributed by atoms with Gasteiger partial charge in [0.1, 0.15) is 5.76 Å². The molecule has 0 aliphatic rings. The van der Waals surface area contributed by atoms with Crippen LogP contribution in [0.4, 0.5) is 10.5 Å². The lowest BCUT2D eigenvalue weighted by molar-refractivity contribution is 0.245. The molecule has 0 saturated heterocycles. The number of oxazole rings is 1. The maximum Gasteiger partial charge on any atom is 0.319 e. The van der Waals surface area contributed by atoms with Gasteiger partial charge in [0.15, 0.2) is 0 Å². The van der Waals surface area contributed by atoms with Crippen molar-refractivity contribution in [3.05, 3.63) is 35.7 Å². The van der Waals surface area contributed by atoms with E-state index in [1.807, 2.05) is 45.0 Å². The van der Waals surface area contributed by atoms with Crippen molar-refractivity contribution in [2.75, 3.05) is 11.9 Å². The molecule has 6 nitrogen and oxygen atoms in total. The van der Waals surface area contributed by atoms with Gasteiger partial charge >= 0.3 is 6.03 Å². The third-order valence-electron chi connectivity index (χ3n) is 3.57. The topological polar surface area (TPSA) is 87.4 Å². The van der Waals surface area contributed by atoms with E-state index < -0.39 is 0 Å². The normalized spacial score (nSPS) is 12.0. The minimum Gasteiger partial charge on any atom is -0.441 e. The second-order valence-electron chi connectivity index (χ2n) is 5.61. The van der Waals surface area contributed by atoms with Crippen molar-refractivity contribution in [2.24, 2.45) is 0 Å². The maximum atomic E-state index is 12.0. The second kappa shape index (κ2) is 7.78. The molecule has 2 amide bonds. The molecule has 0 saturated carbocycles. The Balaban J connectivity index is 2.01. The van der Waals surface area contributed by atoms with Crippen molar-refractivity contribution in [1.29, 1.82) is 0 Å². The van der Waals surface area contributed by atoms with E-state index in [2.05, 4.69) is 15.6 Å². The molecule has 0 aliphatic heterocycles. The number of nitrogens with zero attached hydrogens (tertiary/aromatic N) is 1. The van der Waals surface area contributed by atoms with E-state index in [4.69, 9.17) is 9.52 Å². The van der Waals surface area contributed by atoms with Crippen LogP contribution in [-0.4, -0.2) is 28.8 Å². The number of rotatable bonds is 6. The quantitative estimate of drug-likeness (QED) is 0.763. The number of hydrogen-bond donors (Lipinski definition) is 3. The molecule has 3 N–H and O–H groups in total. The van der Waals surface area contributed by atoms with Crippen molar-refractivity contribution in [3.8, 4) is 11.5 Å². The number of nitrogens with one attached hydrogen (secondary N) is 2. The molecule has 0 spiro atoms. The lowest BCUT2D eigenvalue weighted by Gasteiger charge is -2.14. The summed E-state index contributed by atoms with van der Waals surface area (Å²) in [5, 5.41) is 14.4.